The lowest BCUT2D eigenvalue weighted by Gasteiger charge is -2.34. The molecule has 1 atom stereocenters. The molecule has 0 amide bonds. The van der Waals surface area contributed by atoms with Gasteiger partial charge in [-0.3, -0.25) is 4.79 Å². The van der Waals surface area contributed by atoms with E-state index in [1.807, 2.05) is 19.1 Å². The van der Waals surface area contributed by atoms with Crippen LogP contribution in [0, 0.1) is 0 Å². The number of carbonyl (C=O) groups is 1. The monoisotopic (exact) mass is 259 g/mol. The normalized spacial score (nSPS) is 26.4. The Balaban J connectivity index is 1.95. The minimum atomic E-state index is -0.422. The van der Waals surface area contributed by atoms with Gasteiger partial charge in [-0.15, -0.1) is 0 Å². The number of ether oxygens (including phenoxy) is 1. The van der Waals surface area contributed by atoms with Gasteiger partial charge in [0.2, 0.25) is 0 Å². The highest BCUT2D eigenvalue weighted by Crippen LogP contribution is 2.33. The summed E-state index contributed by atoms with van der Waals surface area (Å²) in [6, 6.07) is 5.96. The molecule has 2 aliphatic rings. The number of ketones is 1. The third-order valence-electron chi connectivity index (χ3n) is 4.30. The summed E-state index contributed by atoms with van der Waals surface area (Å²) in [6.07, 6.45) is 5.24. The number of benzene rings is 1. The topological polar surface area (TPSA) is 38.3 Å². The second-order valence-corrected chi connectivity index (χ2v) is 5.79. The van der Waals surface area contributed by atoms with E-state index in [1.54, 1.807) is 0 Å². The Morgan fingerprint density at radius 1 is 1.32 bits per heavy atom. The summed E-state index contributed by atoms with van der Waals surface area (Å²) in [6.45, 7) is 3.68. The van der Waals surface area contributed by atoms with Crippen LogP contribution in [0.2, 0.25) is 0 Å². The molecule has 1 unspecified atom stereocenters. The number of carbonyl (C=O) groups excluding carboxylic acids is 1. The molecule has 3 nitrogen and oxygen atoms in total. The molecule has 0 saturated carbocycles. The van der Waals surface area contributed by atoms with E-state index in [-0.39, 0.29) is 5.78 Å². The lowest BCUT2D eigenvalue weighted by Crippen LogP contribution is -2.52. The molecule has 2 aliphatic heterocycles. The minimum absolute atomic E-state index is 0.186. The zero-order valence-electron chi connectivity index (χ0n) is 11.5. The molecule has 1 saturated heterocycles. The molecule has 0 radical (unpaired) electrons. The Labute approximate surface area is 114 Å². The summed E-state index contributed by atoms with van der Waals surface area (Å²) in [7, 11) is 0. The van der Waals surface area contributed by atoms with Crippen LogP contribution in [0.15, 0.2) is 18.2 Å². The molecule has 1 aromatic rings. The number of Topliss-reactive ketones (excluding diaryl/α,β-unsaturated/α-hetero) is 1. The maximum atomic E-state index is 12.9. The largest absolute Gasteiger partial charge is 0.493 e. The Kier molecular flexibility index (Phi) is 3.31. The highest BCUT2D eigenvalue weighted by Gasteiger charge is 2.36. The minimum Gasteiger partial charge on any atom is -0.493 e. The Morgan fingerprint density at radius 3 is 3.00 bits per heavy atom. The second-order valence-electron chi connectivity index (χ2n) is 5.79. The summed E-state index contributed by atoms with van der Waals surface area (Å²) in [5.41, 5.74) is 1.51. The number of aryl methyl sites for hydroxylation is 1. The van der Waals surface area contributed by atoms with E-state index >= 15 is 0 Å². The Hall–Kier alpha value is -1.35. The number of hydrogen-bond donors (Lipinski definition) is 1. The molecule has 0 aromatic heterocycles. The van der Waals surface area contributed by atoms with Gasteiger partial charge in [-0.2, -0.15) is 0 Å². The molecule has 19 heavy (non-hydrogen) atoms. The zero-order chi connectivity index (χ0) is 13.3. The van der Waals surface area contributed by atoms with Crippen LogP contribution >= 0.6 is 0 Å². The van der Waals surface area contributed by atoms with Crippen LogP contribution in [-0.2, 0) is 6.42 Å². The molecular weight excluding hydrogens is 238 g/mol. The van der Waals surface area contributed by atoms with Gasteiger partial charge in [-0.05, 0) is 57.2 Å². The maximum Gasteiger partial charge on any atom is 0.186 e. The van der Waals surface area contributed by atoms with E-state index in [9.17, 15) is 4.79 Å². The summed E-state index contributed by atoms with van der Waals surface area (Å²) in [4.78, 5) is 12.9. The lowest BCUT2D eigenvalue weighted by molar-refractivity contribution is 0.0829. The lowest BCUT2D eigenvalue weighted by atomic mass is 9.82. The zero-order valence-corrected chi connectivity index (χ0v) is 11.5. The number of fused-ring (bicyclic) bond motifs is 1. The van der Waals surface area contributed by atoms with Crippen molar-refractivity contribution in [3.63, 3.8) is 0 Å². The fourth-order valence-electron chi connectivity index (χ4n) is 3.12. The Bertz CT molecular complexity index is 490. The van der Waals surface area contributed by atoms with E-state index in [1.165, 1.54) is 5.56 Å². The Morgan fingerprint density at radius 2 is 2.21 bits per heavy atom. The first-order chi connectivity index (χ1) is 9.21. The number of rotatable bonds is 2. The van der Waals surface area contributed by atoms with E-state index in [4.69, 9.17) is 4.74 Å². The smallest absolute Gasteiger partial charge is 0.186 e. The van der Waals surface area contributed by atoms with Crippen molar-refractivity contribution in [2.24, 2.45) is 0 Å². The van der Waals surface area contributed by atoms with Gasteiger partial charge < -0.3 is 10.1 Å². The van der Waals surface area contributed by atoms with Crippen molar-refractivity contribution in [3.8, 4) is 5.75 Å². The van der Waals surface area contributed by atoms with Gasteiger partial charge in [0.25, 0.3) is 0 Å². The fraction of sp³-hybridized carbons (Fsp3) is 0.562. The summed E-state index contributed by atoms with van der Waals surface area (Å²) in [5, 5.41) is 3.40. The second kappa shape index (κ2) is 4.97. The van der Waals surface area contributed by atoms with Crippen molar-refractivity contribution >= 4 is 5.78 Å². The number of piperidine rings is 1. The molecule has 3 heteroatoms. The van der Waals surface area contributed by atoms with Gasteiger partial charge in [0.05, 0.1) is 17.7 Å². The van der Waals surface area contributed by atoms with Crippen LogP contribution in [0.5, 0.6) is 5.75 Å². The van der Waals surface area contributed by atoms with Crippen molar-refractivity contribution in [2.45, 2.75) is 44.6 Å². The third kappa shape index (κ3) is 2.27. The van der Waals surface area contributed by atoms with E-state index < -0.39 is 5.54 Å². The molecule has 1 fully saturated rings. The molecule has 3 rings (SSSR count). The average Bonchev–Trinajstić information content (AvgIpc) is 2.47. The number of para-hydroxylation sites is 1. The summed E-state index contributed by atoms with van der Waals surface area (Å²) >= 11 is 0. The fourth-order valence-corrected chi connectivity index (χ4v) is 3.12. The van der Waals surface area contributed by atoms with Crippen molar-refractivity contribution in [2.75, 3.05) is 13.2 Å². The van der Waals surface area contributed by atoms with Gasteiger partial charge in [0.15, 0.2) is 5.78 Å². The number of hydrogen-bond acceptors (Lipinski definition) is 3. The van der Waals surface area contributed by atoms with Crippen molar-refractivity contribution in [1.82, 2.24) is 5.32 Å². The predicted molar refractivity (Wildman–Crippen MR) is 74.8 cm³/mol. The SMILES string of the molecule is CC1(C(=O)c2cccc3c2OCCC3)CCCCN1. The van der Waals surface area contributed by atoms with Crippen LogP contribution in [0.1, 0.15) is 48.5 Å². The first kappa shape index (κ1) is 12.7. The summed E-state index contributed by atoms with van der Waals surface area (Å²) < 4.78 is 5.76. The van der Waals surface area contributed by atoms with E-state index in [0.717, 1.165) is 56.6 Å². The van der Waals surface area contributed by atoms with Crippen LogP contribution in [0.4, 0.5) is 0 Å². The molecular formula is C16H21NO2. The standard InChI is InChI=1S/C16H21NO2/c1-16(9-2-3-10-17-16)15(18)13-8-4-6-12-7-5-11-19-14(12)13/h4,6,8,17H,2-3,5,7,9-11H2,1H3. The van der Waals surface area contributed by atoms with Crippen molar-refractivity contribution in [3.05, 3.63) is 29.3 Å². The average molecular weight is 259 g/mol. The molecule has 0 bridgehead atoms. The van der Waals surface area contributed by atoms with Crippen LogP contribution in [-0.4, -0.2) is 24.5 Å². The number of nitrogens with one attached hydrogen (secondary N) is 1. The molecule has 0 spiro atoms. The quantitative estimate of drug-likeness (QED) is 0.830. The maximum absolute atomic E-state index is 12.9. The first-order valence-corrected chi connectivity index (χ1v) is 7.25. The van der Waals surface area contributed by atoms with Gasteiger partial charge in [-0.1, -0.05) is 12.1 Å². The molecule has 1 N–H and O–H groups in total. The van der Waals surface area contributed by atoms with E-state index in [0.29, 0.717) is 0 Å². The highest BCUT2D eigenvalue weighted by atomic mass is 16.5. The van der Waals surface area contributed by atoms with Crippen molar-refractivity contribution in [1.29, 1.82) is 0 Å². The van der Waals surface area contributed by atoms with Gasteiger partial charge >= 0.3 is 0 Å². The molecule has 0 aliphatic carbocycles. The van der Waals surface area contributed by atoms with E-state index in [2.05, 4.69) is 11.4 Å². The van der Waals surface area contributed by atoms with Gasteiger partial charge in [0, 0.05) is 0 Å². The van der Waals surface area contributed by atoms with Crippen molar-refractivity contribution < 1.29 is 9.53 Å². The van der Waals surface area contributed by atoms with Crippen LogP contribution in [0.3, 0.4) is 0 Å². The van der Waals surface area contributed by atoms with Crippen LogP contribution < -0.4 is 10.1 Å². The summed E-state index contributed by atoms with van der Waals surface area (Å²) in [5.74, 6) is 1.01. The van der Waals surface area contributed by atoms with Crippen LogP contribution in [0.25, 0.3) is 0 Å². The van der Waals surface area contributed by atoms with Gasteiger partial charge in [-0.25, -0.2) is 0 Å². The van der Waals surface area contributed by atoms with Gasteiger partial charge in [0.1, 0.15) is 5.75 Å². The predicted octanol–water partition coefficient (Wildman–Crippen LogP) is 2.73. The third-order valence-corrected chi connectivity index (χ3v) is 4.30. The first-order valence-electron chi connectivity index (χ1n) is 7.25. The highest BCUT2D eigenvalue weighted by molar-refractivity contribution is 6.05. The molecule has 1 aromatic carbocycles. The molecule has 2 heterocycles. The molecule has 102 valence electrons.